The van der Waals surface area contributed by atoms with Gasteiger partial charge in [-0.25, -0.2) is 0 Å². The summed E-state index contributed by atoms with van der Waals surface area (Å²) in [5, 5.41) is 2.89. The number of rotatable bonds is 5. The Kier molecular flexibility index (Phi) is 2.72. The van der Waals surface area contributed by atoms with Crippen LogP contribution in [0.1, 0.15) is 12.8 Å². The molecule has 14 heavy (non-hydrogen) atoms. The van der Waals surface area contributed by atoms with Gasteiger partial charge in [-0.1, -0.05) is 0 Å². The number of carbonyl (C=O) groups is 1. The number of amides is 1. The van der Waals surface area contributed by atoms with Gasteiger partial charge in [-0.3, -0.25) is 9.47 Å². The molecule has 1 heterocycles. The fraction of sp³-hybridized carbons (Fsp3) is 0.500. The van der Waals surface area contributed by atoms with Crippen LogP contribution in [0, 0.1) is 5.92 Å². The molecule has 0 aromatic carbocycles. The lowest BCUT2D eigenvalue weighted by atomic mass is 10.4. The Bertz CT molecular complexity index is 290. The first kappa shape index (κ1) is 9.12. The van der Waals surface area contributed by atoms with Crippen LogP contribution >= 0.6 is 0 Å². The average Bonchev–Trinajstić information content (AvgIpc) is 2.87. The second-order valence-electron chi connectivity index (χ2n) is 3.67. The lowest BCUT2D eigenvalue weighted by Crippen LogP contribution is -2.33. The Labute approximate surface area is 83.3 Å². The summed E-state index contributed by atoms with van der Waals surface area (Å²) >= 11 is 0. The van der Waals surface area contributed by atoms with E-state index in [-0.39, 0.29) is 5.91 Å². The summed E-state index contributed by atoms with van der Waals surface area (Å²) in [6.45, 7) is 1.17. The third kappa shape index (κ3) is 2.80. The van der Waals surface area contributed by atoms with Crippen molar-refractivity contribution in [1.82, 2.24) is 9.99 Å². The van der Waals surface area contributed by atoms with E-state index in [4.69, 9.17) is 0 Å². The minimum Gasteiger partial charge on any atom is -0.354 e. The Morgan fingerprint density at radius 2 is 2.07 bits per heavy atom. The molecule has 1 fully saturated rings. The highest BCUT2D eigenvalue weighted by Crippen LogP contribution is 2.27. The number of hydrogen-bond acceptors (Lipinski definition) is 2. The predicted octanol–water partition coefficient (Wildman–Crippen LogP) is 0.558. The van der Waals surface area contributed by atoms with Gasteiger partial charge in [0.1, 0.15) is 6.54 Å². The first-order valence-corrected chi connectivity index (χ1v) is 4.98. The number of nitrogens with zero attached hydrogens (tertiary/aromatic N) is 1. The number of nitrogens with one attached hydrogen (secondary N) is 2. The van der Waals surface area contributed by atoms with Crippen LogP contribution in [0.3, 0.4) is 0 Å². The largest absolute Gasteiger partial charge is 0.354 e. The minimum atomic E-state index is 0.0607. The zero-order valence-corrected chi connectivity index (χ0v) is 8.07. The van der Waals surface area contributed by atoms with Crippen LogP contribution in [0.25, 0.3) is 0 Å². The fourth-order valence-electron chi connectivity index (χ4n) is 1.25. The van der Waals surface area contributed by atoms with E-state index in [9.17, 15) is 4.79 Å². The third-order valence-corrected chi connectivity index (χ3v) is 2.31. The van der Waals surface area contributed by atoms with Crippen molar-refractivity contribution in [2.45, 2.75) is 12.8 Å². The van der Waals surface area contributed by atoms with Gasteiger partial charge in [0.05, 0.1) is 0 Å². The molecule has 0 spiro atoms. The van der Waals surface area contributed by atoms with Crippen LogP contribution in [-0.4, -0.2) is 23.7 Å². The van der Waals surface area contributed by atoms with Gasteiger partial charge >= 0.3 is 0 Å². The van der Waals surface area contributed by atoms with Gasteiger partial charge in [0.25, 0.3) is 0 Å². The maximum atomic E-state index is 11.3. The molecule has 0 unspecified atom stereocenters. The predicted molar refractivity (Wildman–Crippen MR) is 54.4 cm³/mol. The van der Waals surface area contributed by atoms with Crippen LogP contribution in [0.4, 0.5) is 0 Å². The van der Waals surface area contributed by atoms with Crippen molar-refractivity contribution in [2.24, 2.45) is 5.92 Å². The number of carbonyl (C=O) groups excluding carboxylic acids is 1. The summed E-state index contributed by atoms with van der Waals surface area (Å²) in [5.74, 6) is 0.802. The normalized spacial score (nSPS) is 15.1. The Balaban J connectivity index is 1.62. The molecule has 4 nitrogen and oxygen atoms in total. The van der Waals surface area contributed by atoms with Gasteiger partial charge in [0.15, 0.2) is 0 Å². The van der Waals surface area contributed by atoms with Gasteiger partial charge in [-0.05, 0) is 30.9 Å². The molecule has 1 saturated carbocycles. The van der Waals surface area contributed by atoms with E-state index in [1.807, 2.05) is 24.5 Å². The highest BCUT2D eigenvalue weighted by Gasteiger charge is 2.21. The zero-order chi connectivity index (χ0) is 9.80. The van der Waals surface area contributed by atoms with Gasteiger partial charge in [-0.2, -0.15) is 0 Å². The molecule has 0 bridgehead atoms. The molecule has 0 saturated heterocycles. The van der Waals surface area contributed by atoms with Crippen LogP contribution in [0.2, 0.25) is 0 Å². The summed E-state index contributed by atoms with van der Waals surface area (Å²) in [5.41, 5.74) is 2.97. The molecule has 0 atom stereocenters. The van der Waals surface area contributed by atoms with Crippen LogP contribution in [-0.2, 0) is 4.79 Å². The Morgan fingerprint density at radius 3 is 2.71 bits per heavy atom. The van der Waals surface area contributed by atoms with Crippen molar-refractivity contribution in [1.29, 1.82) is 0 Å². The molecule has 1 aliphatic carbocycles. The van der Waals surface area contributed by atoms with E-state index >= 15 is 0 Å². The fourth-order valence-corrected chi connectivity index (χ4v) is 1.25. The van der Waals surface area contributed by atoms with Crippen molar-refractivity contribution in [3.05, 3.63) is 24.5 Å². The zero-order valence-electron chi connectivity index (χ0n) is 8.07. The highest BCUT2D eigenvalue weighted by atomic mass is 16.2. The number of hydrogen-bond donors (Lipinski definition) is 2. The van der Waals surface area contributed by atoms with Gasteiger partial charge in [-0.15, -0.1) is 0 Å². The quantitative estimate of drug-likeness (QED) is 0.717. The average molecular weight is 193 g/mol. The van der Waals surface area contributed by atoms with Gasteiger partial charge in [0.2, 0.25) is 5.91 Å². The lowest BCUT2D eigenvalue weighted by molar-refractivity contribution is -0.119. The summed E-state index contributed by atoms with van der Waals surface area (Å²) in [6, 6.07) is 3.82. The molecule has 2 N–H and O–H groups in total. The summed E-state index contributed by atoms with van der Waals surface area (Å²) in [6.07, 6.45) is 6.28. The van der Waals surface area contributed by atoms with E-state index in [1.54, 1.807) is 4.68 Å². The maximum absolute atomic E-state index is 11.3. The Hall–Kier alpha value is -1.45. The molecular formula is C10H15N3O. The summed E-state index contributed by atoms with van der Waals surface area (Å²) < 4.78 is 1.77. The van der Waals surface area contributed by atoms with Crippen molar-refractivity contribution < 1.29 is 4.79 Å². The van der Waals surface area contributed by atoms with E-state index in [0.29, 0.717) is 6.54 Å². The third-order valence-electron chi connectivity index (χ3n) is 2.31. The van der Waals surface area contributed by atoms with Crippen LogP contribution in [0.5, 0.6) is 0 Å². The van der Waals surface area contributed by atoms with Crippen molar-refractivity contribution >= 4 is 5.91 Å². The van der Waals surface area contributed by atoms with Crippen molar-refractivity contribution in [3.63, 3.8) is 0 Å². The molecule has 2 rings (SSSR count). The molecule has 0 aliphatic heterocycles. The highest BCUT2D eigenvalue weighted by molar-refractivity contribution is 5.79. The topological polar surface area (TPSA) is 46.1 Å². The molecule has 4 heteroatoms. The SMILES string of the molecule is O=C(CNn1cccc1)NCC1CC1. The van der Waals surface area contributed by atoms with Gasteiger partial charge in [0, 0.05) is 18.9 Å². The van der Waals surface area contributed by atoms with Crippen molar-refractivity contribution in [2.75, 3.05) is 18.5 Å². The summed E-state index contributed by atoms with van der Waals surface area (Å²) in [4.78, 5) is 11.3. The molecule has 1 amide bonds. The summed E-state index contributed by atoms with van der Waals surface area (Å²) in [7, 11) is 0. The molecule has 1 aliphatic rings. The Morgan fingerprint density at radius 1 is 1.36 bits per heavy atom. The minimum absolute atomic E-state index is 0.0607. The number of aromatic nitrogens is 1. The monoisotopic (exact) mass is 193 g/mol. The van der Waals surface area contributed by atoms with E-state index in [2.05, 4.69) is 10.7 Å². The van der Waals surface area contributed by atoms with Crippen LogP contribution in [0.15, 0.2) is 24.5 Å². The molecule has 0 radical (unpaired) electrons. The second kappa shape index (κ2) is 4.17. The molecule has 1 aromatic heterocycles. The molecule has 1 aromatic rings. The van der Waals surface area contributed by atoms with E-state index in [0.717, 1.165) is 12.5 Å². The second-order valence-corrected chi connectivity index (χ2v) is 3.67. The van der Waals surface area contributed by atoms with E-state index in [1.165, 1.54) is 12.8 Å². The smallest absolute Gasteiger partial charge is 0.240 e. The van der Waals surface area contributed by atoms with Crippen LogP contribution < -0.4 is 10.7 Å². The first-order valence-electron chi connectivity index (χ1n) is 4.98. The van der Waals surface area contributed by atoms with Gasteiger partial charge < -0.3 is 10.7 Å². The lowest BCUT2D eigenvalue weighted by Gasteiger charge is -2.07. The maximum Gasteiger partial charge on any atom is 0.240 e. The van der Waals surface area contributed by atoms with E-state index < -0.39 is 0 Å². The molecule has 76 valence electrons. The standard InChI is InChI=1S/C10H15N3O/c14-10(11-7-9-3-4-9)8-12-13-5-1-2-6-13/h1-2,5-6,9,12H,3-4,7-8H2,(H,11,14). The molecular weight excluding hydrogens is 178 g/mol. The van der Waals surface area contributed by atoms with Crippen molar-refractivity contribution in [3.8, 4) is 0 Å². The first-order chi connectivity index (χ1) is 6.84.